The van der Waals surface area contributed by atoms with Crippen molar-refractivity contribution >= 4 is 61.8 Å². The van der Waals surface area contributed by atoms with Crippen molar-refractivity contribution in [2.24, 2.45) is 0 Å². The normalized spacial score (nSPS) is 12.4. The van der Waals surface area contributed by atoms with Gasteiger partial charge in [0.25, 0.3) is 5.91 Å². The number of carbonyl (C=O) groups is 2. The quantitative estimate of drug-likeness (QED) is 0.222. The van der Waals surface area contributed by atoms with E-state index in [-0.39, 0.29) is 11.3 Å². The van der Waals surface area contributed by atoms with Gasteiger partial charge in [0.15, 0.2) is 9.47 Å². The minimum Gasteiger partial charge on any atom is -0.444 e. The molecule has 1 unspecified atom stereocenters. The maximum absolute atomic E-state index is 12.7. The first-order valence-electron chi connectivity index (χ1n) is 10.6. The lowest BCUT2D eigenvalue weighted by Crippen LogP contribution is -2.36. The Bertz CT molecular complexity index is 1310. The third-order valence-corrected chi connectivity index (χ3v) is 7.34. The Labute approximate surface area is 210 Å². The Balaban J connectivity index is 1.38. The molecule has 2 aromatic carbocycles. The Morgan fingerprint density at radius 1 is 1.06 bits per heavy atom. The van der Waals surface area contributed by atoms with Gasteiger partial charge in [0.2, 0.25) is 0 Å². The number of thioether (sulfide) groups is 1. The van der Waals surface area contributed by atoms with Crippen LogP contribution < -0.4 is 10.6 Å². The van der Waals surface area contributed by atoms with E-state index >= 15 is 0 Å². The number of aromatic nitrogens is 2. The smallest absolute Gasteiger partial charge is 0.408 e. The van der Waals surface area contributed by atoms with Crippen LogP contribution in [0.2, 0.25) is 0 Å². The van der Waals surface area contributed by atoms with Crippen LogP contribution in [0.5, 0.6) is 0 Å². The van der Waals surface area contributed by atoms with Gasteiger partial charge in [0, 0.05) is 5.38 Å². The van der Waals surface area contributed by atoms with Crippen LogP contribution in [-0.2, 0) is 4.74 Å². The topological polar surface area (TPSA) is 93.2 Å². The Hall–Kier alpha value is -2.95. The van der Waals surface area contributed by atoms with E-state index in [0.717, 1.165) is 21.3 Å². The molecule has 2 N–H and O–H groups in total. The number of nitrogens with one attached hydrogen (secondary N) is 2. The number of amides is 2. The molecule has 0 radical (unpaired) electrons. The second-order valence-electron chi connectivity index (χ2n) is 8.43. The number of fused-ring (bicyclic) bond motifs is 1. The predicted octanol–water partition coefficient (Wildman–Crippen LogP) is 6.63. The largest absolute Gasteiger partial charge is 0.444 e. The summed E-state index contributed by atoms with van der Waals surface area (Å²) in [6.45, 7) is 7.26. The van der Waals surface area contributed by atoms with E-state index < -0.39 is 11.7 Å². The second-order valence-corrected chi connectivity index (χ2v) is 11.9. The average Bonchev–Trinajstić information content (AvgIpc) is 3.38. The molecule has 0 bridgehead atoms. The molecule has 2 amide bonds. The van der Waals surface area contributed by atoms with E-state index in [1.165, 1.54) is 34.4 Å². The van der Waals surface area contributed by atoms with Crippen LogP contribution in [0, 0.1) is 0 Å². The number of alkyl carbamates (subject to hydrolysis) is 1. The van der Waals surface area contributed by atoms with Crippen molar-refractivity contribution in [2.75, 3.05) is 5.32 Å². The number of ether oxygens (including phenoxy) is 1. The van der Waals surface area contributed by atoms with Gasteiger partial charge in [-0.1, -0.05) is 59.5 Å². The molecule has 0 fully saturated rings. The maximum Gasteiger partial charge on any atom is 0.408 e. The van der Waals surface area contributed by atoms with Gasteiger partial charge in [-0.25, -0.2) is 14.8 Å². The van der Waals surface area contributed by atoms with Crippen molar-refractivity contribution in [3.05, 3.63) is 59.6 Å². The molecule has 0 spiro atoms. The maximum atomic E-state index is 12.7. The lowest BCUT2D eigenvalue weighted by atomic mass is 10.1. The lowest BCUT2D eigenvalue weighted by molar-refractivity contribution is 0.0525. The molecular formula is C24H24N4O3S3. The minimum atomic E-state index is -0.565. The zero-order valence-electron chi connectivity index (χ0n) is 19.1. The summed E-state index contributed by atoms with van der Waals surface area (Å²) in [6, 6.07) is 16.2. The zero-order chi connectivity index (χ0) is 24.3. The van der Waals surface area contributed by atoms with E-state index in [4.69, 9.17) is 4.74 Å². The number of rotatable bonds is 6. The summed E-state index contributed by atoms with van der Waals surface area (Å²) in [4.78, 5) is 33.5. The lowest BCUT2D eigenvalue weighted by Gasteiger charge is -2.21. The molecule has 0 aliphatic carbocycles. The van der Waals surface area contributed by atoms with Crippen molar-refractivity contribution in [3.8, 4) is 11.1 Å². The third-order valence-electron chi connectivity index (χ3n) is 4.43. The van der Waals surface area contributed by atoms with Gasteiger partial charge in [0.05, 0.1) is 15.6 Å². The summed E-state index contributed by atoms with van der Waals surface area (Å²) in [5.74, 6) is -0.321. The molecule has 1 atom stereocenters. The van der Waals surface area contributed by atoms with Gasteiger partial charge in [-0.15, -0.1) is 11.3 Å². The summed E-state index contributed by atoms with van der Waals surface area (Å²) >= 11 is 4.12. The molecule has 0 saturated carbocycles. The highest BCUT2D eigenvalue weighted by molar-refractivity contribution is 8.01. The highest BCUT2D eigenvalue weighted by atomic mass is 32.2. The van der Waals surface area contributed by atoms with E-state index in [9.17, 15) is 9.59 Å². The van der Waals surface area contributed by atoms with Gasteiger partial charge in [0.1, 0.15) is 11.3 Å². The van der Waals surface area contributed by atoms with Gasteiger partial charge in [-0.2, -0.15) is 0 Å². The molecule has 0 aliphatic rings. The fourth-order valence-corrected chi connectivity index (χ4v) is 5.85. The molecular weight excluding hydrogens is 488 g/mol. The summed E-state index contributed by atoms with van der Waals surface area (Å²) in [5, 5.41) is 7.55. The molecule has 4 rings (SSSR count). The summed E-state index contributed by atoms with van der Waals surface area (Å²) in [5.41, 5.74) is 2.80. The van der Waals surface area contributed by atoms with Crippen LogP contribution >= 0.6 is 34.4 Å². The summed E-state index contributed by atoms with van der Waals surface area (Å²) in [6.07, 6.45) is -0.492. The molecule has 176 valence electrons. The minimum absolute atomic E-state index is 0.264. The highest BCUT2D eigenvalue weighted by Gasteiger charge is 2.20. The third kappa shape index (κ3) is 6.34. The van der Waals surface area contributed by atoms with E-state index in [1.54, 1.807) is 5.38 Å². The van der Waals surface area contributed by atoms with E-state index in [1.807, 2.05) is 58.0 Å². The number of anilines is 1. The number of hydrogen-bond donors (Lipinski definition) is 2. The summed E-state index contributed by atoms with van der Waals surface area (Å²) in [7, 11) is 0. The van der Waals surface area contributed by atoms with Crippen LogP contribution in [0.4, 0.5) is 9.93 Å². The Kier molecular flexibility index (Phi) is 7.20. The molecule has 7 nitrogen and oxygen atoms in total. The monoisotopic (exact) mass is 512 g/mol. The zero-order valence-corrected chi connectivity index (χ0v) is 21.6. The average molecular weight is 513 g/mol. The van der Waals surface area contributed by atoms with Crippen LogP contribution in [0.1, 0.15) is 38.2 Å². The van der Waals surface area contributed by atoms with Crippen molar-refractivity contribution in [1.29, 1.82) is 0 Å². The Morgan fingerprint density at radius 2 is 1.82 bits per heavy atom. The molecule has 2 aromatic heterocycles. The number of thiazole rings is 2. The SMILES string of the molecule is CC(NC(=O)OC(C)(C)C)Sc1nc(C(=O)Nc2nc3ccc(-c4ccccc4)cc3s2)cs1. The summed E-state index contributed by atoms with van der Waals surface area (Å²) < 4.78 is 6.93. The van der Waals surface area contributed by atoms with Gasteiger partial charge < -0.3 is 10.1 Å². The van der Waals surface area contributed by atoms with Crippen molar-refractivity contribution in [3.63, 3.8) is 0 Å². The predicted molar refractivity (Wildman–Crippen MR) is 140 cm³/mol. The highest BCUT2D eigenvalue weighted by Crippen LogP contribution is 2.31. The van der Waals surface area contributed by atoms with Crippen LogP contribution in [-0.4, -0.2) is 32.9 Å². The van der Waals surface area contributed by atoms with Gasteiger partial charge in [-0.3, -0.25) is 10.1 Å². The molecule has 4 aromatic rings. The van der Waals surface area contributed by atoms with Crippen LogP contribution in [0.15, 0.2) is 58.3 Å². The number of nitrogens with zero attached hydrogens (tertiary/aromatic N) is 2. The van der Waals surface area contributed by atoms with E-state index in [0.29, 0.717) is 15.2 Å². The van der Waals surface area contributed by atoms with Crippen molar-refractivity contribution < 1.29 is 14.3 Å². The van der Waals surface area contributed by atoms with Gasteiger partial charge in [-0.05, 0) is 51.0 Å². The number of carbonyl (C=O) groups excluding carboxylic acids is 2. The van der Waals surface area contributed by atoms with Crippen LogP contribution in [0.25, 0.3) is 21.3 Å². The van der Waals surface area contributed by atoms with Crippen molar-refractivity contribution in [2.45, 2.75) is 43.0 Å². The number of benzene rings is 2. The molecule has 0 saturated heterocycles. The van der Waals surface area contributed by atoms with Crippen LogP contribution in [0.3, 0.4) is 0 Å². The first-order valence-corrected chi connectivity index (χ1v) is 13.1. The molecule has 0 aliphatic heterocycles. The fourth-order valence-electron chi connectivity index (χ4n) is 3.02. The standard InChI is InChI=1S/C24H24N4O3S3/c1-14(25-22(30)31-24(2,3)4)33-23-27-18(13-32-23)20(29)28-21-26-17-11-10-16(12-19(17)34-21)15-8-6-5-7-9-15/h5-14H,1-4H3,(H,25,30)(H,26,28,29). The molecule has 2 heterocycles. The first-order chi connectivity index (χ1) is 16.2. The fraction of sp³-hybridized carbons (Fsp3) is 0.250. The van der Waals surface area contributed by atoms with Crippen molar-refractivity contribution in [1.82, 2.24) is 15.3 Å². The number of hydrogen-bond acceptors (Lipinski definition) is 8. The molecule has 10 heteroatoms. The molecule has 34 heavy (non-hydrogen) atoms. The first kappa shape index (κ1) is 24.2. The van der Waals surface area contributed by atoms with E-state index in [2.05, 4.69) is 38.8 Å². The second kappa shape index (κ2) is 10.1. The Morgan fingerprint density at radius 3 is 2.56 bits per heavy atom. The van der Waals surface area contributed by atoms with Gasteiger partial charge >= 0.3 is 6.09 Å².